The highest BCUT2D eigenvalue weighted by atomic mass is 16.4. The number of carboxylic acid groups (broad SMARTS) is 1. The van der Waals surface area contributed by atoms with Crippen LogP contribution < -0.4 is 5.73 Å². The lowest BCUT2D eigenvalue weighted by atomic mass is 9.86. The molecule has 3 N–H and O–H groups in total. The Hall–Kier alpha value is -0.830. The van der Waals surface area contributed by atoms with E-state index in [-0.39, 0.29) is 12.0 Å². The van der Waals surface area contributed by atoms with Crippen molar-refractivity contribution in [1.29, 1.82) is 0 Å². The van der Waals surface area contributed by atoms with Crippen molar-refractivity contribution in [3.05, 3.63) is 11.6 Å². The molecule has 0 saturated carbocycles. The van der Waals surface area contributed by atoms with Crippen LogP contribution in [0.2, 0.25) is 0 Å². The molecule has 0 heterocycles. The summed E-state index contributed by atoms with van der Waals surface area (Å²) in [7, 11) is 0. The van der Waals surface area contributed by atoms with Gasteiger partial charge < -0.3 is 10.8 Å². The molecule has 11 heavy (non-hydrogen) atoms. The van der Waals surface area contributed by atoms with Gasteiger partial charge in [-0.05, 0) is 19.8 Å². The number of hydrogen-bond donors (Lipinski definition) is 2. The summed E-state index contributed by atoms with van der Waals surface area (Å²) in [6.45, 7) is 1.98. The van der Waals surface area contributed by atoms with Gasteiger partial charge in [0.1, 0.15) is 0 Å². The fourth-order valence-corrected chi connectivity index (χ4v) is 1.38. The molecule has 3 nitrogen and oxygen atoms in total. The van der Waals surface area contributed by atoms with Crippen LogP contribution in [-0.4, -0.2) is 17.1 Å². The zero-order valence-corrected chi connectivity index (χ0v) is 6.58. The lowest BCUT2D eigenvalue weighted by molar-refractivity contribution is -0.142. The second-order valence-electron chi connectivity index (χ2n) is 3.10. The minimum Gasteiger partial charge on any atom is -0.481 e. The van der Waals surface area contributed by atoms with Crippen molar-refractivity contribution in [2.75, 3.05) is 0 Å². The van der Waals surface area contributed by atoms with Crippen molar-refractivity contribution >= 4 is 5.97 Å². The third-order valence-corrected chi connectivity index (χ3v) is 2.11. The van der Waals surface area contributed by atoms with E-state index in [1.807, 2.05) is 13.0 Å². The summed E-state index contributed by atoms with van der Waals surface area (Å²) < 4.78 is 0. The maximum Gasteiger partial charge on any atom is 0.308 e. The molecule has 1 aliphatic carbocycles. The number of rotatable bonds is 1. The third-order valence-electron chi connectivity index (χ3n) is 2.11. The Bertz CT molecular complexity index is 198. The largest absolute Gasteiger partial charge is 0.481 e. The Labute approximate surface area is 65.9 Å². The quantitative estimate of drug-likeness (QED) is 0.549. The highest BCUT2D eigenvalue weighted by molar-refractivity contribution is 5.71. The van der Waals surface area contributed by atoms with Gasteiger partial charge in [0.2, 0.25) is 0 Å². The Morgan fingerprint density at radius 3 is 2.91 bits per heavy atom. The van der Waals surface area contributed by atoms with E-state index in [1.54, 1.807) is 0 Å². The van der Waals surface area contributed by atoms with Gasteiger partial charge in [0, 0.05) is 6.04 Å². The monoisotopic (exact) mass is 155 g/mol. The molecule has 0 spiro atoms. The van der Waals surface area contributed by atoms with Crippen molar-refractivity contribution in [2.45, 2.75) is 25.8 Å². The first-order chi connectivity index (χ1) is 5.11. The number of nitrogens with two attached hydrogens (primary N) is 1. The van der Waals surface area contributed by atoms with E-state index in [9.17, 15) is 4.79 Å². The van der Waals surface area contributed by atoms with Crippen molar-refractivity contribution in [3.63, 3.8) is 0 Å². The molecule has 0 unspecified atom stereocenters. The Kier molecular flexibility index (Phi) is 2.29. The summed E-state index contributed by atoms with van der Waals surface area (Å²) in [4.78, 5) is 10.6. The molecule has 0 amide bonds. The van der Waals surface area contributed by atoms with E-state index in [4.69, 9.17) is 10.8 Å². The molecule has 0 saturated heterocycles. The molecule has 0 aromatic rings. The van der Waals surface area contributed by atoms with E-state index >= 15 is 0 Å². The average molecular weight is 155 g/mol. The van der Waals surface area contributed by atoms with Crippen LogP contribution in [0.1, 0.15) is 19.8 Å². The lowest BCUT2D eigenvalue weighted by Gasteiger charge is -2.23. The Morgan fingerprint density at radius 2 is 2.45 bits per heavy atom. The minimum absolute atomic E-state index is 0.197. The van der Waals surface area contributed by atoms with E-state index in [2.05, 4.69) is 0 Å². The highest BCUT2D eigenvalue weighted by Crippen LogP contribution is 2.22. The van der Waals surface area contributed by atoms with Gasteiger partial charge in [0.05, 0.1) is 5.92 Å². The zero-order chi connectivity index (χ0) is 8.43. The van der Waals surface area contributed by atoms with Gasteiger partial charge in [-0.25, -0.2) is 0 Å². The molecule has 0 aliphatic heterocycles. The SMILES string of the molecule is CC1=CC[C@@H](C(=O)O)[C@@H](N)C1. The van der Waals surface area contributed by atoms with E-state index in [0.717, 1.165) is 6.42 Å². The second kappa shape index (κ2) is 3.05. The van der Waals surface area contributed by atoms with E-state index in [1.165, 1.54) is 5.57 Å². The molecule has 2 atom stereocenters. The Balaban J connectivity index is 2.65. The first-order valence-electron chi connectivity index (χ1n) is 3.75. The van der Waals surface area contributed by atoms with E-state index < -0.39 is 5.97 Å². The highest BCUT2D eigenvalue weighted by Gasteiger charge is 2.26. The second-order valence-corrected chi connectivity index (χ2v) is 3.10. The van der Waals surface area contributed by atoms with E-state index in [0.29, 0.717) is 6.42 Å². The molecule has 0 aromatic carbocycles. The molecular formula is C8H13NO2. The van der Waals surface area contributed by atoms with Crippen molar-refractivity contribution < 1.29 is 9.90 Å². The van der Waals surface area contributed by atoms with Crippen LogP contribution >= 0.6 is 0 Å². The molecule has 1 aliphatic rings. The van der Waals surface area contributed by atoms with Crippen LogP contribution in [0.4, 0.5) is 0 Å². The molecule has 3 heteroatoms. The molecule has 0 bridgehead atoms. The molecule has 62 valence electrons. The molecule has 1 rings (SSSR count). The fraction of sp³-hybridized carbons (Fsp3) is 0.625. The molecular weight excluding hydrogens is 142 g/mol. The standard InChI is InChI=1S/C8H13NO2/c1-5-2-3-6(8(10)11)7(9)4-5/h2,6-7H,3-4,9H2,1H3,(H,10,11)/t6-,7+/m1/s1. The topological polar surface area (TPSA) is 63.3 Å². The molecule has 0 fully saturated rings. The van der Waals surface area contributed by atoms with Gasteiger partial charge in [-0.1, -0.05) is 11.6 Å². The van der Waals surface area contributed by atoms with Crippen molar-refractivity contribution in [3.8, 4) is 0 Å². The zero-order valence-electron chi connectivity index (χ0n) is 6.58. The van der Waals surface area contributed by atoms with Gasteiger partial charge in [-0.2, -0.15) is 0 Å². The van der Waals surface area contributed by atoms with Crippen LogP contribution in [0.3, 0.4) is 0 Å². The van der Waals surface area contributed by atoms with Crippen LogP contribution in [0.25, 0.3) is 0 Å². The number of carbonyl (C=O) groups is 1. The maximum absolute atomic E-state index is 10.6. The van der Waals surface area contributed by atoms with Gasteiger partial charge in [-0.15, -0.1) is 0 Å². The van der Waals surface area contributed by atoms with Gasteiger partial charge in [0.15, 0.2) is 0 Å². The predicted octanol–water partition coefficient (Wildman–Crippen LogP) is 0.755. The number of carboxylic acids is 1. The average Bonchev–Trinajstić information content (AvgIpc) is 1.85. The lowest BCUT2D eigenvalue weighted by Crippen LogP contribution is -2.37. The summed E-state index contributed by atoms with van der Waals surface area (Å²) in [5.74, 6) is -1.15. The summed E-state index contributed by atoms with van der Waals surface area (Å²) >= 11 is 0. The number of allylic oxidation sites excluding steroid dienone is 1. The smallest absolute Gasteiger partial charge is 0.308 e. The van der Waals surface area contributed by atoms with Crippen molar-refractivity contribution in [1.82, 2.24) is 0 Å². The normalized spacial score (nSPS) is 31.3. The maximum atomic E-state index is 10.6. The summed E-state index contributed by atoms with van der Waals surface area (Å²) in [6.07, 6.45) is 3.27. The summed E-state index contributed by atoms with van der Waals surface area (Å²) in [6, 6.07) is -0.197. The third kappa shape index (κ3) is 1.80. The number of aliphatic carboxylic acids is 1. The minimum atomic E-state index is -0.777. The van der Waals surface area contributed by atoms with Crippen LogP contribution in [0.15, 0.2) is 11.6 Å². The van der Waals surface area contributed by atoms with Crippen LogP contribution in [0, 0.1) is 5.92 Å². The van der Waals surface area contributed by atoms with Crippen molar-refractivity contribution in [2.24, 2.45) is 11.7 Å². The van der Waals surface area contributed by atoms with Gasteiger partial charge >= 0.3 is 5.97 Å². The Morgan fingerprint density at radius 1 is 1.82 bits per heavy atom. The van der Waals surface area contributed by atoms with Gasteiger partial charge in [0.25, 0.3) is 0 Å². The molecule has 0 radical (unpaired) electrons. The van der Waals surface area contributed by atoms with Crippen LogP contribution in [0.5, 0.6) is 0 Å². The number of hydrogen-bond acceptors (Lipinski definition) is 2. The van der Waals surface area contributed by atoms with Crippen LogP contribution in [-0.2, 0) is 4.79 Å². The molecule has 0 aromatic heterocycles. The fourth-order valence-electron chi connectivity index (χ4n) is 1.38. The summed E-state index contributed by atoms with van der Waals surface area (Å²) in [5.41, 5.74) is 6.85. The summed E-state index contributed by atoms with van der Waals surface area (Å²) in [5, 5.41) is 8.69. The van der Waals surface area contributed by atoms with Gasteiger partial charge in [-0.3, -0.25) is 4.79 Å². The first-order valence-corrected chi connectivity index (χ1v) is 3.75. The first kappa shape index (κ1) is 8.27. The predicted molar refractivity (Wildman–Crippen MR) is 42.1 cm³/mol.